The number of aryl methyl sites for hydroxylation is 1. The monoisotopic (exact) mass is 607 g/mol. The van der Waals surface area contributed by atoms with Crippen molar-refractivity contribution in [3.8, 4) is 23.1 Å². The Bertz CT molecular complexity index is 1640. The molecule has 3 aromatic rings. The Morgan fingerprint density at radius 1 is 0.952 bits per heavy atom. The van der Waals surface area contributed by atoms with E-state index in [0.717, 1.165) is 99.0 Å². The Hall–Kier alpha value is -2.71. The van der Waals surface area contributed by atoms with Gasteiger partial charge < -0.3 is 9.64 Å². The molecule has 0 saturated carbocycles. The molecule has 0 radical (unpaired) electrons. The average Bonchev–Trinajstić information content (AvgIpc) is 3.34. The number of fused-ring (bicyclic) bond motifs is 2. The molecule has 0 amide bonds. The fourth-order valence-corrected chi connectivity index (χ4v) is 7.07. The van der Waals surface area contributed by atoms with Crippen LogP contribution < -0.4 is 0 Å². The SMILES string of the molecule is CN1CCc2cc(C#Cc3cc(-c4nn(CCCN5CCOCC5)c5c4CN(S(C)(=O)=O)CC5)ccc3Cl)ccc2C1. The summed E-state index contributed by atoms with van der Waals surface area (Å²) in [4.78, 5) is 4.76. The van der Waals surface area contributed by atoms with Crippen molar-refractivity contribution >= 4 is 21.6 Å². The van der Waals surface area contributed by atoms with Gasteiger partial charge in [-0.1, -0.05) is 35.6 Å². The lowest BCUT2D eigenvalue weighted by molar-refractivity contribution is 0.0368. The molecule has 4 heterocycles. The zero-order valence-corrected chi connectivity index (χ0v) is 26.0. The minimum atomic E-state index is -3.32. The van der Waals surface area contributed by atoms with E-state index in [1.165, 1.54) is 17.4 Å². The molecule has 0 aliphatic carbocycles. The van der Waals surface area contributed by atoms with Crippen molar-refractivity contribution in [1.82, 2.24) is 23.9 Å². The van der Waals surface area contributed by atoms with E-state index < -0.39 is 10.0 Å². The van der Waals surface area contributed by atoms with Crippen molar-refractivity contribution < 1.29 is 13.2 Å². The van der Waals surface area contributed by atoms with Gasteiger partial charge in [-0.3, -0.25) is 9.58 Å². The van der Waals surface area contributed by atoms with Crippen LogP contribution in [0.5, 0.6) is 0 Å². The number of ether oxygens (including phenoxy) is 1. The summed E-state index contributed by atoms with van der Waals surface area (Å²) in [5.74, 6) is 6.62. The van der Waals surface area contributed by atoms with Crippen molar-refractivity contribution in [2.45, 2.75) is 38.9 Å². The third-order valence-corrected chi connectivity index (χ3v) is 10.1. The summed E-state index contributed by atoms with van der Waals surface area (Å²) >= 11 is 6.62. The lowest BCUT2D eigenvalue weighted by atomic mass is 9.97. The van der Waals surface area contributed by atoms with Crippen molar-refractivity contribution in [2.75, 3.05) is 59.2 Å². The molecule has 1 fully saturated rings. The molecule has 0 spiro atoms. The first-order chi connectivity index (χ1) is 20.2. The van der Waals surface area contributed by atoms with Crippen molar-refractivity contribution in [3.05, 3.63) is 74.9 Å². The van der Waals surface area contributed by atoms with Crippen LogP contribution in [0.2, 0.25) is 5.02 Å². The zero-order chi connectivity index (χ0) is 29.3. The van der Waals surface area contributed by atoms with E-state index in [1.54, 1.807) is 4.31 Å². The van der Waals surface area contributed by atoms with Gasteiger partial charge in [0, 0.05) is 86.7 Å². The first-order valence-electron chi connectivity index (χ1n) is 14.7. The van der Waals surface area contributed by atoms with Gasteiger partial charge in [0.25, 0.3) is 0 Å². The van der Waals surface area contributed by atoms with Crippen LogP contribution in [0.3, 0.4) is 0 Å². The first kappa shape index (κ1) is 29.4. The number of halogens is 1. The highest BCUT2D eigenvalue weighted by Crippen LogP contribution is 2.33. The fraction of sp³-hybridized carbons (Fsp3) is 0.469. The number of aromatic nitrogens is 2. The van der Waals surface area contributed by atoms with Gasteiger partial charge in [-0.2, -0.15) is 9.40 Å². The highest BCUT2D eigenvalue weighted by atomic mass is 35.5. The molecule has 0 bridgehead atoms. The number of hydrogen-bond donors (Lipinski definition) is 0. The van der Waals surface area contributed by atoms with Crippen LogP contribution in [-0.4, -0.2) is 91.5 Å². The second kappa shape index (κ2) is 12.5. The second-order valence-corrected chi connectivity index (χ2v) is 14.0. The number of nitrogens with zero attached hydrogens (tertiary/aromatic N) is 5. The lowest BCUT2D eigenvalue weighted by Crippen LogP contribution is -2.37. The van der Waals surface area contributed by atoms with Crippen LogP contribution >= 0.6 is 11.6 Å². The van der Waals surface area contributed by atoms with Gasteiger partial charge in [-0.25, -0.2) is 8.42 Å². The topological polar surface area (TPSA) is 70.9 Å². The van der Waals surface area contributed by atoms with Gasteiger partial charge in [0.1, 0.15) is 0 Å². The predicted molar refractivity (Wildman–Crippen MR) is 166 cm³/mol. The van der Waals surface area contributed by atoms with E-state index in [1.807, 2.05) is 18.2 Å². The van der Waals surface area contributed by atoms with Gasteiger partial charge in [-0.05, 0) is 55.3 Å². The minimum absolute atomic E-state index is 0.320. The number of morpholine rings is 1. The van der Waals surface area contributed by atoms with Crippen LogP contribution in [0.25, 0.3) is 11.3 Å². The normalized spacial score (nSPS) is 18.3. The Labute approximate surface area is 254 Å². The summed E-state index contributed by atoms with van der Waals surface area (Å²) in [5, 5.41) is 5.65. The fourth-order valence-electron chi connectivity index (χ4n) is 6.11. The number of likely N-dealkylation sites (N-methyl/N-ethyl adjacent to an activating group) is 1. The summed E-state index contributed by atoms with van der Waals surface area (Å²) in [7, 11) is -1.17. The van der Waals surface area contributed by atoms with E-state index in [2.05, 4.69) is 51.6 Å². The van der Waals surface area contributed by atoms with Crippen LogP contribution in [0.1, 0.15) is 39.9 Å². The lowest BCUT2D eigenvalue weighted by Gasteiger charge is -2.27. The van der Waals surface area contributed by atoms with Crippen LogP contribution in [0, 0.1) is 11.8 Å². The molecule has 222 valence electrons. The van der Waals surface area contributed by atoms with E-state index >= 15 is 0 Å². The number of rotatable bonds is 6. The molecule has 0 N–H and O–H groups in total. The van der Waals surface area contributed by atoms with Crippen molar-refractivity contribution in [2.24, 2.45) is 0 Å². The van der Waals surface area contributed by atoms with Crippen molar-refractivity contribution in [1.29, 1.82) is 0 Å². The van der Waals surface area contributed by atoms with Gasteiger partial charge in [0.2, 0.25) is 10.0 Å². The summed E-state index contributed by atoms with van der Waals surface area (Å²) in [6.07, 6.45) is 3.92. The number of hydrogen-bond acceptors (Lipinski definition) is 6. The van der Waals surface area contributed by atoms with Gasteiger partial charge in [0.15, 0.2) is 0 Å². The van der Waals surface area contributed by atoms with E-state index in [0.29, 0.717) is 24.5 Å². The highest BCUT2D eigenvalue weighted by molar-refractivity contribution is 7.88. The highest BCUT2D eigenvalue weighted by Gasteiger charge is 2.30. The number of benzene rings is 2. The molecule has 3 aliphatic rings. The minimum Gasteiger partial charge on any atom is -0.379 e. The average molecular weight is 608 g/mol. The maximum atomic E-state index is 12.5. The quantitative estimate of drug-likeness (QED) is 0.399. The van der Waals surface area contributed by atoms with E-state index in [-0.39, 0.29) is 0 Å². The van der Waals surface area contributed by atoms with E-state index in [9.17, 15) is 8.42 Å². The molecule has 1 aromatic heterocycles. The van der Waals surface area contributed by atoms with Crippen LogP contribution in [0.4, 0.5) is 0 Å². The predicted octanol–water partition coefficient (Wildman–Crippen LogP) is 3.63. The molecular formula is C32H38ClN5O3S. The standard InChI is InChI=1S/C32H38ClN5O3S/c1-35-14-10-25-20-24(5-7-28(25)22-35)4-6-26-21-27(8-9-30(26)33)32-29-23-37(42(2,39)40)15-11-31(29)38(34-32)13-3-12-36-16-18-41-19-17-36/h5,7-9,20-21H,3,10-19,22-23H2,1-2H3. The van der Waals surface area contributed by atoms with Gasteiger partial charge >= 0.3 is 0 Å². The molecule has 42 heavy (non-hydrogen) atoms. The molecule has 1 saturated heterocycles. The van der Waals surface area contributed by atoms with Gasteiger partial charge in [-0.15, -0.1) is 0 Å². The molecule has 0 atom stereocenters. The maximum absolute atomic E-state index is 12.5. The zero-order valence-electron chi connectivity index (χ0n) is 24.4. The number of sulfonamides is 1. The van der Waals surface area contributed by atoms with E-state index in [4.69, 9.17) is 21.4 Å². The summed E-state index contributed by atoms with van der Waals surface area (Å²) in [6, 6.07) is 12.3. The molecule has 3 aliphatic heterocycles. The Kier molecular flexibility index (Phi) is 8.73. The second-order valence-electron chi connectivity index (χ2n) is 11.6. The third-order valence-electron chi connectivity index (χ3n) is 8.51. The summed E-state index contributed by atoms with van der Waals surface area (Å²) in [5.41, 5.74) is 8.23. The molecule has 6 rings (SSSR count). The Morgan fingerprint density at radius 2 is 1.79 bits per heavy atom. The van der Waals surface area contributed by atoms with Crippen LogP contribution in [0.15, 0.2) is 36.4 Å². The van der Waals surface area contributed by atoms with Crippen molar-refractivity contribution in [3.63, 3.8) is 0 Å². The van der Waals surface area contributed by atoms with Gasteiger partial charge in [0.05, 0.1) is 30.2 Å². The summed E-state index contributed by atoms with van der Waals surface area (Å²) < 4.78 is 34.1. The molecule has 2 aromatic carbocycles. The Balaban J connectivity index is 1.29. The molecule has 10 heteroatoms. The first-order valence-corrected chi connectivity index (χ1v) is 16.9. The van der Waals surface area contributed by atoms with Crippen LogP contribution in [-0.2, 0) is 47.2 Å². The molecule has 8 nitrogen and oxygen atoms in total. The molecular weight excluding hydrogens is 570 g/mol. The maximum Gasteiger partial charge on any atom is 0.211 e. The largest absolute Gasteiger partial charge is 0.379 e. The third kappa shape index (κ3) is 6.60. The Morgan fingerprint density at radius 3 is 2.60 bits per heavy atom. The summed E-state index contributed by atoms with van der Waals surface area (Å²) in [6.45, 7) is 8.08. The smallest absolute Gasteiger partial charge is 0.211 e. The molecule has 0 unspecified atom stereocenters.